The number of benzene rings is 1. The molecule has 3 N–H and O–H groups in total. The van der Waals surface area contributed by atoms with Crippen LogP contribution in [0.3, 0.4) is 0 Å². The van der Waals surface area contributed by atoms with Gasteiger partial charge in [-0.25, -0.2) is 0 Å². The molecule has 2 rings (SSSR count). The number of nitrogen functional groups attached to an aromatic ring is 1. The summed E-state index contributed by atoms with van der Waals surface area (Å²) in [6.45, 7) is 0.0666. The zero-order valence-electron chi connectivity index (χ0n) is 9.65. The minimum atomic E-state index is 0.0666. The lowest BCUT2D eigenvalue weighted by Crippen LogP contribution is -2.01. The molecule has 0 bridgehead atoms. The second-order valence-electron chi connectivity index (χ2n) is 4.00. The van der Waals surface area contributed by atoms with E-state index in [0.29, 0.717) is 17.1 Å². The number of aromatic nitrogens is 1. The maximum Gasteiger partial charge on any atom is 0.0499 e. The molecule has 0 aliphatic heterocycles. The summed E-state index contributed by atoms with van der Waals surface area (Å²) in [5.41, 5.74) is 9.61. The second-order valence-corrected chi connectivity index (χ2v) is 4.44. The summed E-state index contributed by atoms with van der Waals surface area (Å²) in [4.78, 5) is 0. The predicted octanol–water partition coefficient (Wildman–Crippen LogP) is 2.46. The van der Waals surface area contributed by atoms with E-state index in [1.54, 1.807) is 6.07 Å². The Bertz CT molecular complexity index is 534. The van der Waals surface area contributed by atoms with Gasteiger partial charge in [0.05, 0.1) is 0 Å². The summed E-state index contributed by atoms with van der Waals surface area (Å²) in [7, 11) is 1.96. The van der Waals surface area contributed by atoms with E-state index in [1.165, 1.54) is 0 Å². The smallest absolute Gasteiger partial charge is 0.0499 e. The molecular formula is C13H15ClN2O. The molecular weight excluding hydrogens is 236 g/mol. The third-order valence-corrected chi connectivity index (χ3v) is 3.05. The first-order valence-corrected chi connectivity index (χ1v) is 5.81. The minimum Gasteiger partial charge on any atom is -0.398 e. The van der Waals surface area contributed by atoms with Crippen molar-refractivity contribution in [3.05, 3.63) is 41.0 Å². The van der Waals surface area contributed by atoms with Crippen LogP contribution in [0.2, 0.25) is 5.02 Å². The number of halogens is 1. The van der Waals surface area contributed by atoms with Crippen LogP contribution in [0.5, 0.6) is 0 Å². The summed E-state index contributed by atoms with van der Waals surface area (Å²) in [5.74, 6) is 0. The van der Waals surface area contributed by atoms with Gasteiger partial charge in [0.15, 0.2) is 0 Å². The fraction of sp³-hybridized carbons (Fsp3) is 0.231. The number of aryl methyl sites for hydroxylation is 1. The summed E-state index contributed by atoms with van der Waals surface area (Å²) < 4.78 is 1.99. The minimum absolute atomic E-state index is 0.0666. The first kappa shape index (κ1) is 12.0. The van der Waals surface area contributed by atoms with E-state index in [2.05, 4.69) is 0 Å². The number of nitrogens with zero attached hydrogens (tertiary/aromatic N) is 1. The molecule has 2 aromatic rings. The van der Waals surface area contributed by atoms with Gasteiger partial charge in [-0.3, -0.25) is 0 Å². The quantitative estimate of drug-likeness (QED) is 0.823. The van der Waals surface area contributed by atoms with Crippen molar-refractivity contribution in [2.45, 2.75) is 6.42 Å². The van der Waals surface area contributed by atoms with Crippen LogP contribution in [-0.2, 0) is 13.5 Å². The van der Waals surface area contributed by atoms with Crippen LogP contribution < -0.4 is 5.73 Å². The Hall–Kier alpha value is -1.45. The Kier molecular flexibility index (Phi) is 3.41. The molecule has 3 nitrogen and oxygen atoms in total. The van der Waals surface area contributed by atoms with Gasteiger partial charge in [0.2, 0.25) is 0 Å². The zero-order chi connectivity index (χ0) is 12.4. The molecule has 1 aromatic carbocycles. The third kappa shape index (κ3) is 2.30. The Morgan fingerprint density at radius 2 is 2.18 bits per heavy atom. The van der Waals surface area contributed by atoms with Gasteiger partial charge in [-0.05, 0) is 36.2 Å². The molecule has 0 saturated heterocycles. The average molecular weight is 251 g/mol. The molecule has 0 aliphatic rings. The molecule has 0 spiro atoms. The van der Waals surface area contributed by atoms with Crippen LogP contribution in [-0.4, -0.2) is 16.3 Å². The van der Waals surface area contributed by atoms with Gasteiger partial charge in [0.1, 0.15) is 0 Å². The van der Waals surface area contributed by atoms with Crippen LogP contribution in [0.1, 0.15) is 5.56 Å². The molecule has 0 aliphatic carbocycles. The van der Waals surface area contributed by atoms with E-state index in [9.17, 15) is 0 Å². The SMILES string of the molecule is Cn1cccc1-c1cc(Cl)cc(CCO)c1N. The standard InChI is InChI=1S/C13H15ClN2O/c1-16-5-2-3-12(16)11-8-10(14)7-9(4-6-17)13(11)15/h2-3,5,7-8,17H,4,6,15H2,1H3. The van der Waals surface area contributed by atoms with Crippen molar-refractivity contribution < 1.29 is 5.11 Å². The number of anilines is 1. The summed E-state index contributed by atoms with van der Waals surface area (Å²) in [6.07, 6.45) is 2.48. The van der Waals surface area contributed by atoms with Crippen molar-refractivity contribution in [1.29, 1.82) is 0 Å². The highest BCUT2D eigenvalue weighted by Crippen LogP contribution is 2.32. The van der Waals surface area contributed by atoms with Crippen molar-refractivity contribution in [3.63, 3.8) is 0 Å². The Balaban J connectivity index is 2.58. The summed E-state index contributed by atoms with van der Waals surface area (Å²) in [6, 6.07) is 7.61. The number of rotatable bonds is 3. The van der Waals surface area contributed by atoms with Gasteiger partial charge in [-0.2, -0.15) is 0 Å². The number of aliphatic hydroxyl groups excluding tert-OH is 1. The Labute approximate surface area is 105 Å². The van der Waals surface area contributed by atoms with E-state index >= 15 is 0 Å². The molecule has 0 atom stereocenters. The molecule has 0 radical (unpaired) electrons. The van der Waals surface area contributed by atoms with Crippen LogP contribution in [0.25, 0.3) is 11.3 Å². The van der Waals surface area contributed by atoms with Crippen molar-refractivity contribution in [1.82, 2.24) is 4.57 Å². The fourth-order valence-electron chi connectivity index (χ4n) is 1.95. The third-order valence-electron chi connectivity index (χ3n) is 2.83. The van der Waals surface area contributed by atoms with Gasteiger partial charge in [0.25, 0.3) is 0 Å². The van der Waals surface area contributed by atoms with Crippen molar-refractivity contribution in [2.24, 2.45) is 7.05 Å². The highest BCUT2D eigenvalue weighted by atomic mass is 35.5. The maximum atomic E-state index is 9.01. The average Bonchev–Trinajstić information content (AvgIpc) is 2.70. The molecule has 0 saturated carbocycles. The van der Waals surface area contributed by atoms with Gasteiger partial charge >= 0.3 is 0 Å². The molecule has 90 valence electrons. The fourth-order valence-corrected chi connectivity index (χ4v) is 2.20. The van der Waals surface area contributed by atoms with Gasteiger partial charge in [-0.1, -0.05) is 11.6 Å². The molecule has 0 unspecified atom stereocenters. The monoisotopic (exact) mass is 250 g/mol. The summed E-state index contributed by atoms with van der Waals surface area (Å²) in [5, 5.41) is 9.65. The number of nitrogens with two attached hydrogens (primary N) is 1. The van der Waals surface area contributed by atoms with E-state index in [1.807, 2.05) is 36.0 Å². The molecule has 0 fully saturated rings. The lowest BCUT2D eigenvalue weighted by atomic mass is 10.0. The van der Waals surface area contributed by atoms with Crippen LogP contribution in [0, 0.1) is 0 Å². The number of hydrogen-bond acceptors (Lipinski definition) is 2. The summed E-state index contributed by atoms with van der Waals surface area (Å²) >= 11 is 6.08. The highest BCUT2D eigenvalue weighted by Gasteiger charge is 2.11. The highest BCUT2D eigenvalue weighted by molar-refractivity contribution is 6.31. The normalized spacial score (nSPS) is 10.8. The van der Waals surface area contributed by atoms with Crippen molar-refractivity contribution in [3.8, 4) is 11.3 Å². The van der Waals surface area contributed by atoms with Crippen molar-refractivity contribution >= 4 is 17.3 Å². The topological polar surface area (TPSA) is 51.2 Å². The van der Waals surface area contributed by atoms with Gasteiger partial charge < -0.3 is 15.4 Å². The first-order valence-electron chi connectivity index (χ1n) is 5.44. The Morgan fingerprint density at radius 1 is 1.41 bits per heavy atom. The zero-order valence-corrected chi connectivity index (χ0v) is 10.4. The van der Waals surface area contributed by atoms with Crippen LogP contribution in [0.4, 0.5) is 5.69 Å². The van der Waals surface area contributed by atoms with E-state index in [-0.39, 0.29) is 6.61 Å². The largest absolute Gasteiger partial charge is 0.398 e. The molecule has 0 amide bonds. The lowest BCUT2D eigenvalue weighted by Gasteiger charge is -2.12. The van der Waals surface area contributed by atoms with Crippen molar-refractivity contribution in [2.75, 3.05) is 12.3 Å². The first-order chi connectivity index (χ1) is 8.13. The van der Waals surface area contributed by atoms with Gasteiger partial charge in [-0.15, -0.1) is 0 Å². The molecule has 4 heteroatoms. The van der Waals surface area contributed by atoms with E-state index in [4.69, 9.17) is 22.4 Å². The van der Waals surface area contributed by atoms with E-state index in [0.717, 1.165) is 16.8 Å². The van der Waals surface area contributed by atoms with E-state index < -0.39 is 0 Å². The van der Waals surface area contributed by atoms with Crippen LogP contribution in [0.15, 0.2) is 30.5 Å². The lowest BCUT2D eigenvalue weighted by molar-refractivity contribution is 0.300. The number of hydrogen-bond donors (Lipinski definition) is 2. The molecule has 1 heterocycles. The Morgan fingerprint density at radius 3 is 2.76 bits per heavy atom. The van der Waals surface area contributed by atoms with Crippen LogP contribution >= 0.6 is 11.6 Å². The second kappa shape index (κ2) is 4.82. The van der Waals surface area contributed by atoms with Gasteiger partial charge in [0, 0.05) is 41.8 Å². The maximum absolute atomic E-state index is 9.01. The predicted molar refractivity (Wildman–Crippen MR) is 71.1 cm³/mol. The number of aliphatic hydroxyl groups is 1. The molecule has 17 heavy (non-hydrogen) atoms. The molecule has 1 aromatic heterocycles.